The van der Waals surface area contributed by atoms with Crippen LogP contribution in [0.1, 0.15) is 31.7 Å². The maximum Gasteiger partial charge on any atom is 0.336 e. The fraction of sp³-hybridized carbons (Fsp3) is 0.321. The number of aromatic hydroxyl groups is 1. The van der Waals surface area contributed by atoms with Gasteiger partial charge in [0.2, 0.25) is 0 Å². The number of esters is 2. The van der Waals surface area contributed by atoms with Crippen molar-refractivity contribution in [3.63, 3.8) is 0 Å². The summed E-state index contributed by atoms with van der Waals surface area (Å²) in [5.41, 5.74) is 2.30. The third kappa shape index (κ3) is 4.98. The van der Waals surface area contributed by atoms with Crippen LogP contribution in [-0.2, 0) is 23.9 Å². The fourth-order valence-electron chi connectivity index (χ4n) is 4.88. The van der Waals surface area contributed by atoms with Gasteiger partial charge in [-0.05, 0) is 49.1 Å². The van der Waals surface area contributed by atoms with Crippen LogP contribution in [0.4, 0.5) is 0 Å². The molecular formula is C28H29NO7. The van der Waals surface area contributed by atoms with Crippen molar-refractivity contribution in [1.29, 1.82) is 0 Å². The lowest BCUT2D eigenvalue weighted by molar-refractivity contribution is -0.151. The first-order chi connectivity index (χ1) is 17.3. The Balaban J connectivity index is 1.64. The second kappa shape index (κ2) is 10.7. The predicted octanol–water partition coefficient (Wildman–Crippen LogP) is 3.63. The number of phenolic OH excluding ortho intramolecular Hbond substituents is 1. The number of carbonyl (C=O) groups is 3. The smallest absolute Gasteiger partial charge is 0.336 e. The highest BCUT2D eigenvalue weighted by Crippen LogP contribution is 2.45. The predicted molar refractivity (Wildman–Crippen MR) is 131 cm³/mol. The normalized spacial score (nSPS) is 21.4. The van der Waals surface area contributed by atoms with Crippen molar-refractivity contribution >= 4 is 17.7 Å². The third-order valence-corrected chi connectivity index (χ3v) is 6.49. The van der Waals surface area contributed by atoms with Crippen molar-refractivity contribution in [2.24, 2.45) is 11.8 Å². The van der Waals surface area contributed by atoms with Crippen LogP contribution in [0.3, 0.4) is 0 Å². The number of rotatable bonds is 7. The Hall–Kier alpha value is -4.07. The van der Waals surface area contributed by atoms with E-state index >= 15 is 0 Å². The summed E-state index contributed by atoms with van der Waals surface area (Å²) in [5, 5.41) is 13.4. The Morgan fingerprint density at radius 1 is 1.08 bits per heavy atom. The lowest BCUT2D eigenvalue weighted by Gasteiger charge is -2.38. The molecule has 2 aromatic rings. The van der Waals surface area contributed by atoms with Gasteiger partial charge in [0.05, 0.1) is 12.7 Å². The molecule has 0 amide bonds. The van der Waals surface area contributed by atoms with Gasteiger partial charge in [-0.2, -0.15) is 0 Å². The van der Waals surface area contributed by atoms with E-state index in [1.54, 1.807) is 31.2 Å². The van der Waals surface area contributed by atoms with Crippen LogP contribution in [0.2, 0.25) is 0 Å². The zero-order chi connectivity index (χ0) is 25.8. The van der Waals surface area contributed by atoms with Crippen LogP contribution in [0, 0.1) is 11.8 Å². The molecule has 1 heterocycles. The zero-order valence-corrected chi connectivity index (χ0v) is 20.4. The van der Waals surface area contributed by atoms with Crippen LogP contribution in [0.5, 0.6) is 11.5 Å². The molecule has 0 unspecified atom stereocenters. The van der Waals surface area contributed by atoms with Crippen LogP contribution >= 0.6 is 0 Å². The Bertz CT molecular complexity index is 1230. The topological polar surface area (TPSA) is 111 Å². The van der Waals surface area contributed by atoms with E-state index in [2.05, 4.69) is 5.32 Å². The van der Waals surface area contributed by atoms with Gasteiger partial charge in [0.1, 0.15) is 30.6 Å². The number of dihydropyridines is 1. The van der Waals surface area contributed by atoms with Gasteiger partial charge in [-0.1, -0.05) is 37.3 Å². The van der Waals surface area contributed by atoms with Crippen LogP contribution in [-0.4, -0.2) is 43.2 Å². The molecule has 0 spiro atoms. The molecule has 4 rings (SSSR count). The molecular weight excluding hydrogens is 462 g/mol. The number of nitrogens with one attached hydrogen (secondary N) is 1. The molecule has 2 aromatic carbocycles. The summed E-state index contributed by atoms with van der Waals surface area (Å²) in [6, 6.07) is 15.6. The summed E-state index contributed by atoms with van der Waals surface area (Å²) in [5.74, 6) is -3.05. The summed E-state index contributed by atoms with van der Waals surface area (Å²) in [6.07, 6.45) is 0.431. The van der Waals surface area contributed by atoms with Crippen molar-refractivity contribution in [3.05, 3.63) is 82.7 Å². The number of hydrogen-bond acceptors (Lipinski definition) is 8. The zero-order valence-electron chi connectivity index (χ0n) is 20.4. The van der Waals surface area contributed by atoms with Gasteiger partial charge < -0.3 is 24.6 Å². The summed E-state index contributed by atoms with van der Waals surface area (Å²) >= 11 is 0. The van der Waals surface area contributed by atoms with Gasteiger partial charge in [-0.15, -0.1) is 0 Å². The number of para-hydroxylation sites is 1. The number of methoxy groups -OCH3 is 1. The van der Waals surface area contributed by atoms with Gasteiger partial charge in [0, 0.05) is 22.9 Å². The Labute approximate surface area is 209 Å². The fourth-order valence-corrected chi connectivity index (χ4v) is 4.88. The number of allylic oxidation sites excluding steroid dienone is 3. The van der Waals surface area contributed by atoms with Crippen molar-refractivity contribution in [2.45, 2.75) is 26.2 Å². The molecule has 2 aliphatic rings. The summed E-state index contributed by atoms with van der Waals surface area (Å²) in [6.45, 7) is 3.72. The van der Waals surface area contributed by atoms with Crippen molar-refractivity contribution in [1.82, 2.24) is 5.32 Å². The first kappa shape index (κ1) is 25.0. The average molecular weight is 492 g/mol. The molecule has 8 nitrogen and oxygen atoms in total. The number of ether oxygens (including phenoxy) is 3. The molecule has 0 aromatic heterocycles. The summed E-state index contributed by atoms with van der Waals surface area (Å²) in [4.78, 5) is 39.5. The van der Waals surface area contributed by atoms with Crippen LogP contribution in [0.15, 0.2) is 77.1 Å². The van der Waals surface area contributed by atoms with E-state index in [1.165, 1.54) is 19.2 Å². The van der Waals surface area contributed by atoms with E-state index in [1.807, 2.05) is 25.1 Å². The SMILES string of the molecule is COC(=O)[C@H]1C(=O)C2=C(C[C@@H]1C)NC(C)=C(C(=O)OCCOc1ccccc1)[C@@H]2c1cccc(O)c1. The molecule has 2 N–H and O–H groups in total. The minimum absolute atomic E-state index is 0.00105. The van der Waals surface area contributed by atoms with Gasteiger partial charge in [-0.3, -0.25) is 9.59 Å². The van der Waals surface area contributed by atoms with Crippen molar-refractivity contribution < 1.29 is 33.7 Å². The molecule has 0 radical (unpaired) electrons. The highest BCUT2D eigenvalue weighted by molar-refractivity contribution is 6.12. The molecule has 1 aliphatic carbocycles. The standard InChI is InChI=1S/C28H29NO7/c1-16-14-21-25(26(31)22(16)27(32)34-3)24(18-8-7-9-19(30)15-18)23(17(2)29-21)28(33)36-13-12-35-20-10-5-4-6-11-20/h4-11,15-16,22,24,29-30H,12-14H2,1-3H3/t16-,22+,24-/m0/s1. The molecule has 0 saturated carbocycles. The van der Waals surface area contributed by atoms with E-state index in [-0.39, 0.29) is 30.5 Å². The number of hydrogen-bond donors (Lipinski definition) is 2. The second-order valence-electron chi connectivity index (χ2n) is 8.93. The number of Topliss-reactive ketones (excluding diaryl/α,β-unsaturated/α-hetero) is 1. The average Bonchev–Trinajstić information content (AvgIpc) is 2.86. The lowest BCUT2D eigenvalue weighted by atomic mass is 9.69. The van der Waals surface area contributed by atoms with Gasteiger partial charge in [0.15, 0.2) is 5.78 Å². The van der Waals surface area contributed by atoms with Crippen molar-refractivity contribution in [2.75, 3.05) is 20.3 Å². The van der Waals surface area contributed by atoms with Gasteiger partial charge >= 0.3 is 11.9 Å². The molecule has 188 valence electrons. The van der Waals surface area contributed by atoms with Crippen LogP contribution < -0.4 is 10.1 Å². The Kier molecular flexibility index (Phi) is 7.43. The molecule has 8 heteroatoms. The highest BCUT2D eigenvalue weighted by atomic mass is 16.6. The van der Waals surface area contributed by atoms with E-state index in [0.29, 0.717) is 34.7 Å². The quantitative estimate of drug-likeness (QED) is 0.343. The Morgan fingerprint density at radius 3 is 2.53 bits per heavy atom. The molecule has 0 fully saturated rings. The van der Waals surface area contributed by atoms with E-state index in [0.717, 1.165) is 0 Å². The summed E-state index contributed by atoms with van der Waals surface area (Å²) < 4.78 is 16.1. The first-order valence-corrected chi connectivity index (χ1v) is 11.8. The molecule has 0 bridgehead atoms. The second-order valence-corrected chi connectivity index (χ2v) is 8.93. The number of phenols is 1. The maximum atomic E-state index is 13.7. The van der Waals surface area contributed by atoms with Crippen LogP contribution in [0.25, 0.3) is 0 Å². The third-order valence-electron chi connectivity index (χ3n) is 6.49. The molecule has 1 aliphatic heterocycles. The largest absolute Gasteiger partial charge is 0.508 e. The number of carbonyl (C=O) groups excluding carboxylic acids is 3. The molecule has 3 atom stereocenters. The van der Waals surface area contributed by atoms with E-state index in [9.17, 15) is 19.5 Å². The lowest BCUT2D eigenvalue weighted by Crippen LogP contribution is -2.43. The van der Waals surface area contributed by atoms with Gasteiger partial charge in [-0.25, -0.2) is 4.79 Å². The van der Waals surface area contributed by atoms with Gasteiger partial charge in [0.25, 0.3) is 0 Å². The monoisotopic (exact) mass is 491 g/mol. The highest BCUT2D eigenvalue weighted by Gasteiger charge is 2.47. The number of benzene rings is 2. The van der Waals surface area contributed by atoms with Crippen molar-refractivity contribution in [3.8, 4) is 11.5 Å². The first-order valence-electron chi connectivity index (χ1n) is 11.8. The Morgan fingerprint density at radius 2 is 1.83 bits per heavy atom. The summed E-state index contributed by atoms with van der Waals surface area (Å²) in [7, 11) is 1.25. The molecule has 0 saturated heterocycles. The minimum Gasteiger partial charge on any atom is -0.508 e. The minimum atomic E-state index is -0.981. The molecule has 36 heavy (non-hydrogen) atoms. The maximum absolute atomic E-state index is 13.7. The van der Waals surface area contributed by atoms with E-state index < -0.39 is 29.6 Å². The van der Waals surface area contributed by atoms with E-state index in [4.69, 9.17) is 14.2 Å². The number of ketones is 1.